The molecule has 0 saturated heterocycles. The maximum absolute atomic E-state index is 12.2. The van der Waals surface area contributed by atoms with Crippen LogP contribution in [0.15, 0.2) is 24.3 Å². The summed E-state index contributed by atoms with van der Waals surface area (Å²) in [5, 5.41) is 3.22. The van der Waals surface area contributed by atoms with Gasteiger partial charge in [-0.1, -0.05) is 36.8 Å². The summed E-state index contributed by atoms with van der Waals surface area (Å²) < 4.78 is 25.7. The molecular formula is C15H26N2O2S. The van der Waals surface area contributed by atoms with E-state index in [1.54, 1.807) is 7.05 Å². The highest BCUT2D eigenvalue weighted by atomic mass is 32.2. The van der Waals surface area contributed by atoms with Crippen molar-refractivity contribution in [3.63, 3.8) is 0 Å². The predicted octanol–water partition coefficient (Wildman–Crippen LogP) is 2.15. The van der Waals surface area contributed by atoms with Gasteiger partial charge in [0.25, 0.3) is 0 Å². The molecule has 1 N–H and O–H groups in total. The van der Waals surface area contributed by atoms with Crippen molar-refractivity contribution in [1.82, 2.24) is 9.62 Å². The van der Waals surface area contributed by atoms with Crippen molar-refractivity contribution in [2.45, 2.75) is 33.2 Å². The number of hydrogen-bond acceptors (Lipinski definition) is 3. The molecule has 1 aromatic rings. The summed E-state index contributed by atoms with van der Waals surface area (Å²) in [7, 11) is -1.52. The highest BCUT2D eigenvalue weighted by molar-refractivity contribution is 7.89. The number of hydrogen-bond donors (Lipinski definition) is 1. The van der Waals surface area contributed by atoms with E-state index in [0.29, 0.717) is 13.0 Å². The van der Waals surface area contributed by atoms with Crippen LogP contribution in [0.2, 0.25) is 0 Å². The Balaban J connectivity index is 2.46. The summed E-state index contributed by atoms with van der Waals surface area (Å²) >= 11 is 0. The van der Waals surface area contributed by atoms with Crippen molar-refractivity contribution < 1.29 is 8.42 Å². The van der Waals surface area contributed by atoms with E-state index in [-0.39, 0.29) is 5.75 Å². The van der Waals surface area contributed by atoms with Gasteiger partial charge in [0.1, 0.15) is 0 Å². The van der Waals surface area contributed by atoms with E-state index in [1.807, 2.05) is 31.2 Å². The predicted molar refractivity (Wildman–Crippen MR) is 84.2 cm³/mol. The molecule has 0 amide bonds. The number of sulfonamides is 1. The third-order valence-electron chi connectivity index (χ3n) is 3.15. The molecule has 0 fully saturated rings. The van der Waals surface area contributed by atoms with Crippen molar-refractivity contribution in [3.05, 3.63) is 35.4 Å². The van der Waals surface area contributed by atoms with E-state index in [1.165, 1.54) is 4.31 Å². The Hall–Kier alpha value is -0.910. The number of aryl methyl sites for hydroxylation is 1. The monoisotopic (exact) mass is 298 g/mol. The second kappa shape index (κ2) is 8.39. The molecule has 20 heavy (non-hydrogen) atoms. The van der Waals surface area contributed by atoms with Gasteiger partial charge >= 0.3 is 0 Å². The summed E-state index contributed by atoms with van der Waals surface area (Å²) in [5.74, 6) is 0.200. The van der Waals surface area contributed by atoms with E-state index in [9.17, 15) is 8.42 Å². The molecule has 1 rings (SSSR count). The van der Waals surface area contributed by atoms with Crippen molar-refractivity contribution in [2.24, 2.45) is 0 Å². The fourth-order valence-corrected chi connectivity index (χ4v) is 3.17. The molecular weight excluding hydrogens is 272 g/mol. The average molecular weight is 298 g/mol. The zero-order valence-electron chi connectivity index (χ0n) is 12.7. The minimum atomic E-state index is -3.17. The highest BCUT2D eigenvalue weighted by Gasteiger charge is 2.17. The van der Waals surface area contributed by atoms with Crippen LogP contribution in [0.4, 0.5) is 0 Å². The van der Waals surface area contributed by atoms with Crippen LogP contribution in [0.1, 0.15) is 30.9 Å². The van der Waals surface area contributed by atoms with Gasteiger partial charge in [0, 0.05) is 13.6 Å². The average Bonchev–Trinajstić information content (AvgIpc) is 2.38. The lowest BCUT2D eigenvalue weighted by molar-refractivity contribution is 0.464. The van der Waals surface area contributed by atoms with Gasteiger partial charge < -0.3 is 5.32 Å². The molecule has 0 spiro atoms. The molecule has 0 atom stereocenters. The third kappa shape index (κ3) is 6.03. The molecule has 5 heteroatoms. The molecule has 1 aromatic carbocycles. The Labute approximate surface area is 123 Å². The molecule has 0 aliphatic carbocycles. The van der Waals surface area contributed by atoms with Crippen LogP contribution >= 0.6 is 0 Å². The second-order valence-electron chi connectivity index (χ2n) is 5.16. The topological polar surface area (TPSA) is 49.4 Å². The zero-order valence-corrected chi connectivity index (χ0v) is 13.5. The Morgan fingerprint density at radius 2 is 2.00 bits per heavy atom. The largest absolute Gasteiger partial charge is 0.317 e. The fourth-order valence-electron chi connectivity index (χ4n) is 2.00. The maximum Gasteiger partial charge on any atom is 0.214 e. The number of rotatable bonds is 9. The SMILES string of the molecule is CCCNCCCS(=O)(=O)N(C)Cc1cccc(C)c1. The quantitative estimate of drug-likeness (QED) is 0.711. The standard InChI is InChI=1S/C15H26N2O2S/c1-4-9-16-10-6-11-20(18,19)17(3)13-15-8-5-7-14(2)12-15/h5,7-8,12,16H,4,6,9-11,13H2,1-3H3. The molecule has 0 aliphatic rings. The Morgan fingerprint density at radius 3 is 2.65 bits per heavy atom. The summed E-state index contributed by atoms with van der Waals surface area (Å²) in [5.41, 5.74) is 2.18. The molecule has 0 radical (unpaired) electrons. The molecule has 0 bridgehead atoms. The molecule has 0 heterocycles. The molecule has 0 unspecified atom stereocenters. The van der Waals surface area contributed by atoms with Gasteiger partial charge in [0.15, 0.2) is 0 Å². The van der Waals surface area contributed by atoms with E-state index in [4.69, 9.17) is 0 Å². The molecule has 0 saturated carbocycles. The normalized spacial score (nSPS) is 12.0. The van der Waals surface area contributed by atoms with Crippen LogP contribution in [0.5, 0.6) is 0 Å². The van der Waals surface area contributed by atoms with Crippen LogP contribution in [-0.4, -0.2) is 38.6 Å². The number of benzene rings is 1. The van der Waals surface area contributed by atoms with Crippen LogP contribution in [-0.2, 0) is 16.6 Å². The number of nitrogens with zero attached hydrogens (tertiary/aromatic N) is 1. The van der Waals surface area contributed by atoms with Crippen LogP contribution in [0.25, 0.3) is 0 Å². The summed E-state index contributed by atoms with van der Waals surface area (Å²) in [6.07, 6.45) is 1.72. The van der Waals surface area contributed by atoms with E-state index < -0.39 is 10.0 Å². The first kappa shape index (κ1) is 17.1. The van der Waals surface area contributed by atoms with Crippen molar-refractivity contribution in [2.75, 3.05) is 25.9 Å². The van der Waals surface area contributed by atoms with Gasteiger partial charge in [-0.3, -0.25) is 0 Å². The first-order valence-corrected chi connectivity index (χ1v) is 8.77. The lowest BCUT2D eigenvalue weighted by Gasteiger charge is -2.17. The van der Waals surface area contributed by atoms with Gasteiger partial charge in [-0.25, -0.2) is 12.7 Å². The van der Waals surface area contributed by atoms with Gasteiger partial charge in [-0.15, -0.1) is 0 Å². The molecule has 114 valence electrons. The van der Waals surface area contributed by atoms with Crippen LogP contribution in [0.3, 0.4) is 0 Å². The first-order valence-electron chi connectivity index (χ1n) is 7.16. The van der Waals surface area contributed by atoms with E-state index in [0.717, 1.165) is 30.6 Å². The van der Waals surface area contributed by atoms with Crippen molar-refractivity contribution in [3.8, 4) is 0 Å². The maximum atomic E-state index is 12.2. The van der Waals surface area contributed by atoms with Gasteiger partial charge in [-0.05, 0) is 38.4 Å². The lowest BCUT2D eigenvalue weighted by Crippen LogP contribution is -2.30. The minimum Gasteiger partial charge on any atom is -0.317 e. The first-order chi connectivity index (χ1) is 9.45. The fraction of sp³-hybridized carbons (Fsp3) is 0.600. The van der Waals surface area contributed by atoms with E-state index >= 15 is 0 Å². The van der Waals surface area contributed by atoms with Crippen molar-refractivity contribution >= 4 is 10.0 Å². The Morgan fingerprint density at radius 1 is 1.25 bits per heavy atom. The summed E-state index contributed by atoms with van der Waals surface area (Å²) in [6, 6.07) is 7.95. The summed E-state index contributed by atoms with van der Waals surface area (Å²) in [6.45, 7) is 6.24. The lowest BCUT2D eigenvalue weighted by atomic mass is 10.1. The third-order valence-corrected chi connectivity index (χ3v) is 5.03. The summed E-state index contributed by atoms with van der Waals surface area (Å²) in [4.78, 5) is 0. The molecule has 0 aromatic heterocycles. The Kier molecular flexibility index (Phi) is 7.19. The zero-order chi connectivity index (χ0) is 15.0. The number of nitrogens with one attached hydrogen (secondary N) is 1. The molecule has 4 nitrogen and oxygen atoms in total. The van der Waals surface area contributed by atoms with E-state index in [2.05, 4.69) is 12.2 Å². The minimum absolute atomic E-state index is 0.200. The smallest absolute Gasteiger partial charge is 0.214 e. The molecule has 0 aliphatic heterocycles. The van der Waals surface area contributed by atoms with Crippen LogP contribution in [0, 0.1) is 6.92 Å². The van der Waals surface area contributed by atoms with Gasteiger partial charge in [-0.2, -0.15) is 0 Å². The van der Waals surface area contributed by atoms with Crippen molar-refractivity contribution in [1.29, 1.82) is 0 Å². The van der Waals surface area contributed by atoms with Gasteiger partial charge in [0.2, 0.25) is 10.0 Å². The second-order valence-corrected chi connectivity index (χ2v) is 7.36. The Bertz CT molecular complexity index is 500. The van der Waals surface area contributed by atoms with Crippen LogP contribution < -0.4 is 5.32 Å². The highest BCUT2D eigenvalue weighted by Crippen LogP contribution is 2.10. The van der Waals surface area contributed by atoms with Gasteiger partial charge in [0.05, 0.1) is 5.75 Å².